The van der Waals surface area contributed by atoms with E-state index in [0.717, 1.165) is 12.5 Å². The summed E-state index contributed by atoms with van der Waals surface area (Å²) in [5, 5.41) is 3.65. The first-order chi connectivity index (χ1) is 7.85. The van der Waals surface area contributed by atoms with Crippen LogP contribution < -0.4 is 5.32 Å². The van der Waals surface area contributed by atoms with Crippen molar-refractivity contribution in [3.8, 4) is 0 Å². The monoisotopic (exact) mass is 217 g/mol. The summed E-state index contributed by atoms with van der Waals surface area (Å²) in [7, 11) is 0. The van der Waals surface area contributed by atoms with Crippen molar-refractivity contribution in [2.45, 2.75) is 51.5 Å². The van der Waals surface area contributed by atoms with Crippen LogP contribution in [0.25, 0.3) is 0 Å². The molecular weight excluding hydrogens is 194 g/mol. The van der Waals surface area contributed by atoms with Crippen molar-refractivity contribution in [1.29, 1.82) is 0 Å². The zero-order chi connectivity index (χ0) is 11.4. The molecule has 1 aromatic carbocycles. The summed E-state index contributed by atoms with van der Waals surface area (Å²) in [6.07, 6.45) is 5.09. The zero-order valence-corrected chi connectivity index (χ0v) is 10.5. The highest BCUT2D eigenvalue weighted by atomic mass is 14.9. The van der Waals surface area contributed by atoms with Crippen molar-refractivity contribution in [3.05, 3.63) is 35.4 Å². The second kappa shape index (κ2) is 5.49. The van der Waals surface area contributed by atoms with E-state index in [-0.39, 0.29) is 0 Å². The van der Waals surface area contributed by atoms with Gasteiger partial charge in [-0.05, 0) is 49.3 Å². The smallest absolute Gasteiger partial charge is 0.00703 e. The molecule has 16 heavy (non-hydrogen) atoms. The highest BCUT2D eigenvalue weighted by Gasteiger charge is 2.27. The Balaban J connectivity index is 1.87. The molecule has 2 unspecified atom stereocenters. The number of benzene rings is 1. The van der Waals surface area contributed by atoms with Crippen molar-refractivity contribution in [1.82, 2.24) is 5.32 Å². The third-order valence-electron chi connectivity index (χ3n) is 3.71. The minimum Gasteiger partial charge on any atom is -0.314 e. The van der Waals surface area contributed by atoms with Gasteiger partial charge in [-0.2, -0.15) is 0 Å². The van der Waals surface area contributed by atoms with E-state index in [2.05, 4.69) is 43.4 Å². The number of nitrogens with one attached hydrogen (secondary N) is 1. The lowest BCUT2D eigenvalue weighted by Gasteiger charge is -2.33. The Bertz CT molecular complexity index is 332. The molecule has 0 amide bonds. The summed E-state index contributed by atoms with van der Waals surface area (Å²) < 4.78 is 0. The van der Waals surface area contributed by atoms with Crippen LogP contribution in [0.5, 0.6) is 0 Å². The Kier molecular flexibility index (Phi) is 4.00. The predicted octanol–water partition coefficient (Wildman–Crippen LogP) is 3.49. The van der Waals surface area contributed by atoms with Crippen LogP contribution in [0.15, 0.2) is 24.3 Å². The molecule has 1 heteroatoms. The molecule has 0 radical (unpaired) electrons. The lowest BCUT2D eigenvalue weighted by Crippen LogP contribution is -2.33. The van der Waals surface area contributed by atoms with Gasteiger partial charge < -0.3 is 5.32 Å². The standard InChI is InChI=1S/C15H23N/c1-3-9-16-14(4-2)11-13-10-12-7-5-6-8-15(12)13/h5-8,13-14,16H,3-4,9-11H2,1-2H3. The van der Waals surface area contributed by atoms with Gasteiger partial charge in [0.25, 0.3) is 0 Å². The average Bonchev–Trinajstić information content (AvgIpc) is 2.30. The van der Waals surface area contributed by atoms with E-state index >= 15 is 0 Å². The largest absolute Gasteiger partial charge is 0.314 e. The van der Waals surface area contributed by atoms with E-state index in [1.54, 1.807) is 11.1 Å². The van der Waals surface area contributed by atoms with Crippen LogP contribution in [0.1, 0.15) is 50.2 Å². The fraction of sp³-hybridized carbons (Fsp3) is 0.600. The molecule has 0 fully saturated rings. The zero-order valence-electron chi connectivity index (χ0n) is 10.5. The van der Waals surface area contributed by atoms with Crippen molar-refractivity contribution >= 4 is 0 Å². The van der Waals surface area contributed by atoms with Gasteiger partial charge in [-0.25, -0.2) is 0 Å². The molecule has 0 aromatic heterocycles. The van der Waals surface area contributed by atoms with E-state index in [9.17, 15) is 0 Å². The predicted molar refractivity (Wildman–Crippen MR) is 69.9 cm³/mol. The van der Waals surface area contributed by atoms with Crippen molar-refractivity contribution < 1.29 is 0 Å². The highest BCUT2D eigenvalue weighted by Crippen LogP contribution is 2.38. The Hall–Kier alpha value is -0.820. The molecule has 0 saturated carbocycles. The summed E-state index contributed by atoms with van der Waals surface area (Å²) >= 11 is 0. The van der Waals surface area contributed by atoms with Crippen LogP contribution >= 0.6 is 0 Å². The molecule has 1 aromatic rings. The second-order valence-corrected chi connectivity index (χ2v) is 4.89. The first-order valence-electron chi connectivity index (χ1n) is 6.66. The quantitative estimate of drug-likeness (QED) is 0.769. The average molecular weight is 217 g/mol. The summed E-state index contributed by atoms with van der Waals surface area (Å²) in [6, 6.07) is 9.60. The molecule has 0 spiro atoms. The molecule has 1 nitrogen and oxygen atoms in total. The Labute approximate surface area is 99.3 Å². The van der Waals surface area contributed by atoms with Crippen molar-refractivity contribution in [3.63, 3.8) is 0 Å². The Morgan fingerprint density at radius 3 is 2.81 bits per heavy atom. The fourth-order valence-electron chi connectivity index (χ4n) is 2.66. The molecule has 0 saturated heterocycles. The van der Waals surface area contributed by atoms with Gasteiger partial charge in [-0.1, -0.05) is 38.1 Å². The SMILES string of the molecule is CCCNC(CC)CC1Cc2ccccc21. The molecule has 88 valence electrons. The van der Waals surface area contributed by atoms with Crippen molar-refractivity contribution in [2.75, 3.05) is 6.54 Å². The van der Waals surface area contributed by atoms with E-state index in [4.69, 9.17) is 0 Å². The summed E-state index contributed by atoms with van der Waals surface area (Å²) in [4.78, 5) is 0. The number of fused-ring (bicyclic) bond motifs is 1. The summed E-state index contributed by atoms with van der Waals surface area (Å²) in [5.41, 5.74) is 3.16. The topological polar surface area (TPSA) is 12.0 Å². The van der Waals surface area contributed by atoms with Gasteiger partial charge in [-0.3, -0.25) is 0 Å². The van der Waals surface area contributed by atoms with Crippen molar-refractivity contribution in [2.24, 2.45) is 0 Å². The number of hydrogen-bond acceptors (Lipinski definition) is 1. The third-order valence-corrected chi connectivity index (χ3v) is 3.71. The molecule has 0 bridgehead atoms. The molecule has 2 atom stereocenters. The first-order valence-corrected chi connectivity index (χ1v) is 6.66. The third kappa shape index (κ3) is 2.46. The van der Waals surface area contributed by atoms with E-state index in [1.165, 1.54) is 25.7 Å². The molecule has 0 heterocycles. The van der Waals surface area contributed by atoms with Gasteiger partial charge in [0.2, 0.25) is 0 Å². The second-order valence-electron chi connectivity index (χ2n) is 4.89. The first kappa shape index (κ1) is 11.7. The molecule has 1 aliphatic carbocycles. The maximum Gasteiger partial charge on any atom is 0.00703 e. The van der Waals surface area contributed by atoms with Gasteiger partial charge in [0.1, 0.15) is 0 Å². The van der Waals surface area contributed by atoms with E-state index in [0.29, 0.717) is 6.04 Å². The number of rotatable bonds is 6. The van der Waals surface area contributed by atoms with Crippen LogP contribution in [0.3, 0.4) is 0 Å². The minimum atomic E-state index is 0.707. The van der Waals surface area contributed by atoms with Gasteiger partial charge in [-0.15, -0.1) is 0 Å². The molecular formula is C15H23N. The lowest BCUT2D eigenvalue weighted by molar-refractivity contribution is 0.409. The van der Waals surface area contributed by atoms with Crippen LogP contribution in [0.4, 0.5) is 0 Å². The molecule has 0 aliphatic heterocycles. The van der Waals surface area contributed by atoms with Gasteiger partial charge >= 0.3 is 0 Å². The molecule has 2 rings (SSSR count). The normalized spacial score (nSPS) is 20.0. The van der Waals surface area contributed by atoms with Crippen LogP contribution in [-0.4, -0.2) is 12.6 Å². The van der Waals surface area contributed by atoms with Crippen LogP contribution in [-0.2, 0) is 6.42 Å². The van der Waals surface area contributed by atoms with Gasteiger partial charge in [0.05, 0.1) is 0 Å². The summed E-state index contributed by atoms with van der Waals surface area (Å²) in [6.45, 7) is 5.68. The summed E-state index contributed by atoms with van der Waals surface area (Å²) in [5.74, 6) is 0.811. The fourth-order valence-corrected chi connectivity index (χ4v) is 2.66. The van der Waals surface area contributed by atoms with E-state index < -0.39 is 0 Å². The minimum absolute atomic E-state index is 0.707. The van der Waals surface area contributed by atoms with Gasteiger partial charge in [0, 0.05) is 6.04 Å². The Morgan fingerprint density at radius 2 is 2.12 bits per heavy atom. The maximum atomic E-state index is 3.65. The highest BCUT2D eigenvalue weighted by molar-refractivity contribution is 5.39. The van der Waals surface area contributed by atoms with Crippen LogP contribution in [0.2, 0.25) is 0 Å². The maximum absolute atomic E-state index is 3.65. The molecule has 1 aliphatic rings. The Morgan fingerprint density at radius 1 is 1.31 bits per heavy atom. The van der Waals surface area contributed by atoms with Gasteiger partial charge in [0.15, 0.2) is 0 Å². The number of hydrogen-bond donors (Lipinski definition) is 1. The molecule has 1 N–H and O–H groups in total. The lowest BCUT2D eigenvalue weighted by atomic mass is 9.74. The van der Waals surface area contributed by atoms with Crippen LogP contribution in [0, 0.1) is 0 Å². The van der Waals surface area contributed by atoms with E-state index in [1.807, 2.05) is 0 Å².